The van der Waals surface area contributed by atoms with Crippen molar-refractivity contribution in [3.63, 3.8) is 0 Å². The van der Waals surface area contributed by atoms with Gasteiger partial charge in [-0.05, 0) is 177 Å². The molecule has 1 atom stereocenters. The Balaban J connectivity index is 0.000000144. The van der Waals surface area contributed by atoms with Crippen molar-refractivity contribution in [3.05, 3.63) is 101 Å². The third-order valence-electron chi connectivity index (χ3n) is 19.1. The maximum atomic E-state index is 13.7. The number of hydrogen-bond acceptors (Lipinski definition) is 15. The number of pyridine rings is 2. The molecule has 20 heteroatoms. The molecule has 0 N–H and O–H groups in total. The van der Waals surface area contributed by atoms with Crippen molar-refractivity contribution in [2.24, 2.45) is 0 Å². The molecule has 0 amide bonds. The Morgan fingerprint density at radius 1 is 0.558 bits per heavy atom. The molecule has 8 heterocycles. The molecule has 0 bridgehead atoms. The lowest BCUT2D eigenvalue weighted by Crippen LogP contribution is -2.53. The molecular formula is C66H88F2N11O6Si+. The molecule has 4 saturated heterocycles. The second-order valence-electron chi connectivity index (χ2n) is 25.9. The van der Waals surface area contributed by atoms with E-state index in [1.165, 1.54) is 123 Å². The predicted molar refractivity (Wildman–Crippen MR) is 333 cm³/mol. The molecule has 460 valence electrons. The highest BCUT2D eigenvalue weighted by atomic mass is 28.4. The summed E-state index contributed by atoms with van der Waals surface area (Å²) >= 11 is 0. The molecule has 14 rings (SSSR count). The van der Waals surface area contributed by atoms with E-state index in [-0.39, 0.29) is 28.8 Å². The molecular weight excluding hydrogens is 1110 g/mol. The first-order chi connectivity index (χ1) is 41.7. The second kappa shape index (κ2) is 26.0. The highest BCUT2D eigenvalue weighted by Gasteiger charge is 2.61. The third kappa shape index (κ3) is 13.4. The molecule has 17 nitrogen and oxygen atoms in total. The molecule has 8 aliphatic rings. The van der Waals surface area contributed by atoms with Crippen LogP contribution in [0, 0.1) is 18.1 Å². The largest absolute Gasteiger partial charge is 0.464 e. The van der Waals surface area contributed by atoms with Crippen LogP contribution in [0.15, 0.2) is 60.7 Å². The summed E-state index contributed by atoms with van der Waals surface area (Å²) in [7, 11) is 1.35. The zero-order valence-corrected chi connectivity index (χ0v) is 52.5. The van der Waals surface area contributed by atoms with Gasteiger partial charge in [-0.1, -0.05) is 19.3 Å². The van der Waals surface area contributed by atoms with Crippen LogP contribution in [0.3, 0.4) is 0 Å². The van der Waals surface area contributed by atoms with E-state index in [1.54, 1.807) is 33.6 Å². The lowest BCUT2D eigenvalue weighted by molar-refractivity contribution is -0.0959. The molecule has 0 radical (unpaired) electrons. The van der Waals surface area contributed by atoms with Crippen LogP contribution >= 0.6 is 0 Å². The van der Waals surface area contributed by atoms with Gasteiger partial charge in [0.2, 0.25) is 0 Å². The lowest BCUT2D eigenvalue weighted by Gasteiger charge is -2.43. The number of piperidine rings is 3. The van der Waals surface area contributed by atoms with Crippen molar-refractivity contribution >= 4 is 53.7 Å². The summed E-state index contributed by atoms with van der Waals surface area (Å²) in [5.41, 5.74) is 7.42. The van der Waals surface area contributed by atoms with Crippen LogP contribution < -0.4 is 9.80 Å². The van der Waals surface area contributed by atoms with Crippen LogP contribution in [0.5, 0.6) is 0 Å². The molecule has 4 aliphatic heterocycles. The van der Waals surface area contributed by atoms with Gasteiger partial charge in [0, 0.05) is 82.3 Å². The first-order valence-corrected chi connectivity index (χ1v) is 35.6. The molecule has 4 aromatic heterocycles. The van der Waals surface area contributed by atoms with Crippen molar-refractivity contribution in [1.29, 1.82) is 0 Å². The number of nitrogens with zero attached hydrogens (tertiary/aromatic N) is 11. The van der Waals surface area contributed by atoms with Gasteiger partial charge in [0.05, 0.1) is 65.7 Å². The Morgan fingerprint density at radius 3 is 1.29 bits per heavy atom. The zero-order chi connectivity index (χ0) is 59.7. The lowest BCUT2D eigenvalue weighted by atomic mass is 9.82. The summed E-state index contributed by atoms with van der Waals surface area (Å²) in [6, 6.07) is 18.5. The minimum atomic E-state index is -1.42. The molecule has 86 heavy (non-hydrogen) atoms. The van der Waals surface area contributed by atoms with Gasteiger partial charge in [-0.2, -0.15) is 10.2 Å². The zero-order valence-electron chi connectivity index (χ0n) is 51.5. The van der Waals surface area contributed by atoms with E-state index in [2.05, 4.69) is 50.6 Å². The van der Waals surface area contributed by atoms with Crippen LogP contribution in [0.25, 0.3) is 33.4 Å². The van der Waals surface area contributed by atoms with Gasteiger partial charge in [-0.3, -0.25) is 9.80 Å². The number of aromatic nitrogens is 6. The van der Waals surface area contributed by atoms with Crippen LogP contribution in [0.1, 0.15) is 154 Å². The summed E-state index contributed by atoms with van der Waals surface area (Å²) in [6.45, 7) is 20.2. The van der Waals surface area contributed by atoms with Crippen LogP contribution in [-0.4, -0.2) is 175 Å². The van der Waals surface area contributed by atoms with Gasteiger partial charge in [0.1, 0.15) is 11.6 Å². The van der Waals surface area contributed by atoms with E-state index in [0.717, 1.165) is 142 Å². The number of likely N-dealkylation sites (tertiary alicyclic amines) is 1. The average molecular weight is 1200 g/mol. The Labute approximate surface area is 506 Å². The van der Waals surface area contributed by atoms with E-state index in [4.69, 9.17) is 38.8 Å². The first kappa shape index (κ1) is 60.3. The van der Waals surface area contributed by atoms with Gasteiger partial charge >= 0.3 is 17.7 Å². The fourth-order valence-corrected chi connectivity index (χ4v) is 15.1. The number of fused-ring (bicyclic) bond motifs is 2. The van der Waals surface area contributed by atoms with Crippen molar-refractivity contribution in [2.75, 3.05) is 96.1 Å². The SMILES string of the molecule is CCOC1(O[Si](C)(C)C)[CH+]C1.COC(=O)c1cc(N2CCC(N3CCCCC3)CC2)c2c(C3CCC3)nn(-c3ccc(F)cc3)c2n1.COC(=O)c1cc(N2CCC(N3CCN(C4CC4)CC3)CC2)c2c(C3CCC3)nn(-c3ccc(F)cc3)c2n1. The van der Waals surface area contributed by atoms with Crippen molar-refractivity contribution in [1.82, 2.24) is 44.2 Å². The number of methoxy groups -OCH3 is 2. The Kier molecular flexibility index (Phi) is 18.2. The highest BCUT2D eigenvalue weighted by molar-refractivity contribution is 6.69. The molecule has 8 fully saturated rings. The van der Waals surface area contributed by atoms with Gasteiger partial charge in [0.25, 0.3) is 0 Å². The number of halogens is 2. The first-order valence-electron chi connectivity index (χ1n) is 32.1. The van der Waals surface area contributed by atoms with Gasteiger partial charge < -0.3 is 33.3 Å². The van der Waals surface area contributed by atoms with Crippen molar-refractivity contribution in [3.8, 4) is 11.4 Å². The average Bonchev–Trinajstić information content (AvgIpc) is 1.64. The number of anilines is 2. The number of carbonyl (C=O) groups is 2. The highest BCUT2D eigenvalue weighted by Crippen LogP contribution is 2.46. The van der Waals surface area contributed by atoms with Crippen molar-refractivity contribution in [2.45, 2.75) is 165 Å². The predicted octanol–water partition coefficient (Wildman–Crippen LogP) is 11.6. The standard InChI is InChI=1S/C30H37FN6O2.C28H34FN5O2.C8H17O2Si/c1-39-30(38)25-19-26(36-13-11-23(12-14-36)35-17-15-34(16-18-35)22-9-10-22)27-28(20-3-2-4-20)33-37(29(27)32-25)24-7-5-21(31)6-8-24;1-36-28(35)23-18-24(33-16-12-21(13-17-33)32-14-3-2-4-15-32)25-26(19-6-5-7-19)31-34(27(25)30-23)22-10-8-20(29)9-11-22;1-5-9-8(6-7-8)10-11(2,3)4/h5-8,19-20,22-23H,2-4,9-18H2,1H3;8-11,18-19,21H,2-7,12-17H2,1H3;6H,5,7H2,1-4H3/q;;+1. The number of esters is 2. The van der Waals surface area contributed by atoms with E-state index in [0.29, 0.717) is 35.2 Å². The molecule has 1 unspecified atom stereocenters. The Hall–Kier alpha value is -6.03. The maximum Gasteiger partial charge on any atom is 0.356 e. The fraction of sp³-hybridized carbons (Fsp3) is 0.591. The summed E-state index contributed by atoms with van der Waals surface area (Å²) in [5.74, 6) is -1.04. The number of ether oxygens (including phenoxy) is 3. The summed E-state index contributed by atoms with van der Waals surface area (Å²) in [6.07, 6.45) is 21.0. The van der Waals surface area contributed by atoms with E-state index in [9.17, 15) is 18.4 Å². The molecule has 6 aromatic rings. The summed E-state index contributed by atoms with van der Waals surface area (Å²) in [4.78, 5) is 47.8. The number of rotatable bonds is 15. The van der Waals surface area contributed by atoms with Crippen LogP contribution in [0.2, 0.25) is 19.6 Å². The summed E-state index contributed by atoms with van der Waals surface area (Å²) in [5, 5.41) is 12.1. The van der Waals surface area contributed by atoms with Gasteiger partial charge in [0.15, 0.2) is 43.8 Å². The Morgan fingerprint density at radius 2 is 0.953 bits per heavy atom. The van der Waals surface area contributed by atoms with E-state index >= 15 is 0 Å². The quantitative estimate of drug-likeness (QED) is 0.0415. The molecule has 4 saturated carbocycles. The number of piperazine rings is 1. The monoisotopic (exact) mass is 1200 g/mol. The number of carbonyl (C=O) groups excluding carboxylic acids is 2. The van der Waals surface area contributed by atoms with E-state index < -0.39 is 20.3 Å². The van der Waals surface area contributed by atoms with Gasteiger partial charge in [-0.25, -0.2) is 37.7 Å². The Bertz CT molecular complexity index is 3310. The van der Waals surface area contributed by atoms with Crippen molar-refractivity contribution < 1.29 is 37.0 Å². The minimum absolute atomic E-state index is 0.279. The van der Waals surface area contributed by atoms with Crippen LogP contribution in [0.4, 0.5) is 20.2 Å². The normalized spacial score (nSPS) is 22.1. The fourth-order valence-electron chi connectivity index (χ4n) is 13.8. The van der Waals surface area contributed by atoms with Crippen LogP contribution in [-0.2, 0) is 18.6 Å². The third-order valence-corrected chi connectivity index (χ3v) is 20.0. The number of benzene rings is 2. The minimum Gasteiger partial charge on any atom is -0.464 e. The van der Waals surface area contributed by atoms with E-state index in [1.807, 2.05) is 19.1 Å². The molecule has 0 spiro atoms. The number of hydrogen-bond donors (Lipinski definition) is 0. The molecule has 2 aromatic carbocycles. The second-order valence-corrected chi connectivity index (χ2v) is 30.4. The smallest absolute Gasteiger partial charge is 0.356 e. The molecule has 4 aliphatic carbocycles. The maximum absolute atomic E-state index is 13.7. The summed E-state index contributed by atoms with van der Waals surface area (Å²) < 4.78 is 52.5. The topological polar surface area (TPSA) is 149 Å². The van der Waals surface area contributed by atoms with Gasteiger partial charge in [-0.15, -0.1) is 0 Å².